The number of hydrogen-bond donors (Lipinski definition) is 1. The van der Waals surface area contributed by atoms with Gasteiger partial charge in [0.15, 0.2) is 6.61 Å². The van der Waals surface area contributed by atoms with E-state index >= 15 is 0 Å². The van der Waals surface area contributed by atoms with Crippen LogP contribution in [0.2, 0.25) is 0 Å². The third-order valence-electron chi connectivity index (χ3n) is 2.89. The van der Waals surface area contributed by atoms with Crippen molar-refractivity contribution in [2.75, 3.05) is 11.9 Å². The summed E-state index contributed by atoms with van der Waals surface area (Å²) in [4.78, 5) is 0. The molecule has 0 aliphatic rings. The van der Waals surface area contributed by atoms with E-state index in [2.05, 4.69) is 10.1 Å². The molecule has 0 radical (unpaired) electrons. The van der Waals surface area contributed by atoms with Crippen LogP contribution in [0.5, 0.6) is 5.75 Å². The molecule has 0 bridgehead atoms. The molecular weight excluding hydrogens is 283 g/mol. The second kappa shape index (κ2) is 6.56. The first-order valence-corrected chi connectivity index (χ1v) is 6.57. The SMILES string of the molecule is CCC(Nc1ccc(OCC(F)(F)F)cc1)c1ccco1. The Morgan fingerprint density at radius 3 is 2.43 bits per heavy atom. The van der Waals surface area contributed by atoms with E-state index < -0.39 is 12.8 Å². The molecule has 1 aromatic carbocycles. The highest BCUT2D eigenvalue weighted by atomic mass is 19.4. The first-order valence-electron chi connectivity index (χ1n) is 6.57. The van der Waals surface area contributed by atoms with E-state index in [0.717, 1.165) is 17.9 Å². The van der Waals surface area contributed by atoms with Crippen LogP contribution < -0.4 is 10.1 Å². The van der Waals surface area contributed by atoms with E-state index in [4.69, 9.17) is 4.42 Å². The lowest BCUT2D eigenvalue weighted by molar-refractivity contribution is -0.153. The molecule has 21 heavy (non-hydrogen) atoms. The summed E-state index contributed by atoms with van der Waals surface area (Å²) in [6, 6.07) is 10.1. The van der Waals surface area contributed by atoms with Gasteiger partial charge in [-0.25, -0.2) is 0 Å². The van der Waals surface area contributed by atoms with E-state index in [-0.39, 0.29) is 11.8 Å². The van der Waals surface area contributed by atoms with Crippen molar-refractivity contribution in [3.05, 3.63) is 48.4 Å². The van der Waals surface area contributed by atoms with Gasteiger partial charge in [-0.3, -0.25) is 0 Å². The molecular formula is C15H16F3NO2. The van der Waals surface area contributed by atoms with Gasteiger partial charge in [0, 0.05) is 5.69 Å². The van der Waals surface area contributed by atoms with E-state index in [1.54, 1.807) is 18.4 Å². The second-order valence-corrected chi connectivity index (χ2v) is 4.55. The molecule has 1 N–H and O–H groups in total. The quantitative estimate of drug-likeness (QED) is 0.833. The van der Waals surface area contributed by atoms with Crippen molar-refractivity contribution in [1.29, 1.82) is 0 Å². The van der Waals surface area contributed by atoms with Gasteiger partial charge in [-0.05, 0) is 42.8 Å². The second-order valence-electron chi connectivity index (χ2n) is 4.55. The van der Waals surface area contributed by atoms with Gasteiger partial charge in [-0.2, -0.15) is 13.2 Å². The molecule has 1 heterocycles. The summed E-state index contributed by atoms with van der Waals surface area (Å²) in [5.41, 5.74) is 0.789. The first kappa shape index (κ1) is 15.3. The topological polar surface area (TPSA) is 34.4 Å². The van der Waals surface area contributed by atoms with Crippen molar-refractivity contribution in [2.45, 2.75) is 25.6 Å². The maximum atomic E-state index is 12.0. The Kier molecular flexibility index (Phi) is 4.77. The molecule has 6 heteroatoms. The monoisotopic (exact) mass is 299 g/mol. The van der Waals surface area contributed by atoms with Crippen LogP contribution in [0.15, 0.2) is 47.1 Å². The third-order valence-corrected chi connectivity index (χ3v) is 2.89. The molecule has 0 aliphatic carbocycles. The summed E-state index contributed by atoms with van der Waals surface area (Å²) in [7, 11) is 0. The summed E-state index contributed by atoms with van der Waals surface area (Å²) in [6.45, 7) is 0.727. The van der Waals surface area contributed by atoms with Crippen LogP contribution in [0.1, 0.15) is 25.1 Å². The van der Waals surface area contributed by atoms with Crippen LogP contribution in [0.25, 0.3) is 0 Å². The Bertz CT molecular complexity index is 535. The molecule has 0 spiro atoms. The maximum absolute atomic E-state index is 12.0. The summed E-state index contributed by atoms with van der Waals surface area (Å²) < 4.78 is 46.1. The van der Waals surface area contributed by atoms with Crippen molar-refractivity contribution < 1.29 is 22.3 Å². The Morgan fingerprint density at radius 2 is 1.90 bits per heavy atom. The number of ether oxygens (including phenoxy) is 1. The predicted octanol–water partition coefficient (Wildman–Crippen LogP) is 4.78. The third kappa shape index (κ3) is 4.73. The zero-order chi connectivity index (χ0) is 15.3. The maximum Gasteiger partial charge on any atom is 0.422 e. The minimum absolute atomic E-state index is 0.0157. The van der Waals surface area contributed by atoms with Gasteiger partial charge in [-0.15, -0.1) is 0 Å². The minimum Gasteiger partial charge on any atom is -0.484 e. The summed E-state index contributed by atoms with van der Waals surface area (Å²) in [6.07, 6.45) is -1.91. The highest BCUT2D eigenvalue weighted by molar-refractivity contribution is 5.47. The van der Waals surface area contributed by atoms with Crippen molar-refractivity contribution in [2.24, 2.45) is 0 Å². The van der Waals surface area contributed by atoms with Gasteiger partial charge in [-0.1, -0.05) is 6.92 Å². The summed E-state index contributed by atoms with van der Waals surface area (Å²) in [5.74, 6) is 0.999. The minimum atomic E-state index is -4.33. The zero-order valence-electron chi connectivity index (χ0n) is 11.5. The van der Waals surface area contributed by atoms with Crippen molar-refractivity contribution in [1.82, 2.24) is 0 Å². The van der Waals surface area contributed by atoms with Crippen molar-refractivity contribution in [3.8, 4) is 5.75 Å². The van der Waals surface area contributed by atoms with Crippen molar-refractivity contribution in [3.63, 3.8) is 0 Å². The number of halogens is 3. The molecule has 0 aliphatic heterocycles. The molecule has 1 aromatic heterocycles. The van der Waals surface area contributed by atoms with Crippen LogP contribution in [-0.2, 0) is 0 Å². The Hall–Kier alpha value is -2.11. The number of anilines is 1. The Balaban J connectivity index is 1.95. The van der Waals surface area contributed by atoms with Crippen molar-refractivity contribution >= 4 is 5.69 Å². The fourth-order valence-electron chi connectivity index (χ4n) is 1.88. The lowest BCUT2D eigenvalue weighted by atomic mass is 10.1. The molecule has 2 rings (SSSR count). The van der Waals surface area contributed by atoms with Gasteiger partial charge in [0.25, 0.3) is 0 Å². The highest BCUT2D eigenvalue weighted by Gasteiger charge is 2.28. The largest absolute Gasteiger partial charge is 0.484 e. The zero-order valence-corrected chi connectivity index (χ0v) is 11.5. The number of alkyl halides is 3. The fourth-order valence-corrected chi connectivity index (χ4v) is 1.88. The smallest absolute Gasteiger partial charge is 0.422 e. The van der Waals surface area contributed by atoms with E-state index in [1.165, 1.54) is 12.1 Å². The molecule has 2 aromatic rings. The van der Waals surface area contributed by atoms with Crippen LogP contribution in [-0.4, -0.2) is 12.8 Å². The molecule has 0 amide bonds. The number of nitrogens with one attached hydrogen (secondary N) is 1. The van der Waals surface area contributed by atoms with Gasteiger partial charge >= 0.3 is 6.18 Å². The van der Waals surface area contributed by atoms with E-state index in [0.29, 0.717) is 0 Å². The van der Waals surface area contributed by atoms with E-state index in [9.17, 15) is 13.2 Å². The summed E-state index contributed by atoms with van der Waals surface area (Å²) in [5, 5.41) is 3.26. The molecule has 0 saturated carbocycles. The molecule has 0 fully saturated rings. The van der Waals surface area contributed by atoms with Crippen LogP contribution >= 0.6 is 0 Å². The molecule has 3 nitrogen and oxygen atoms in total. The first-order chi connectivity index (χ1) is 9.98. The Morgan fingerprint density at radius 1 is 1.19 bits per heavy atom. The standard InChI is InChI=1S/C15H16F3NO2/c1-2-13(14-4-3-9-20-14)19-11-5-7-12(8-6-11)21-10-15(16,17)18/h3-9,13,19H,2,10H2,1H3. The lowest BCUT2D eigenvalue weighted by Crippen LogP contribution is -2.19. The fraction of sp³-hybridized carbons (Fsp3) is 0.333. The van der Waals surface area contributed by atoms with Gasteiger partial charge < -0.3 is 14.5 Å². The number of hydrogen-bond acceptors (Lipinski definition) is 3. The average Bonchev–Trinajstić information content (AvgIpc) is 2.97. The lowest BCUT2D eigenvalue weighted by Gasteiger charge is -2.16. The number of furan rings is 1. The van der Waals surface area contributed by atoms with Gasteiger partial charge in [0.2, 0.25) is 0 Å². The van der Waals surface area contributed by atoms with Crippen LogP contribution in [0, 0.1) is 0 Å². The number of rotatable bonds is 6. The molecule has 114 valence electrons. The molecule has 0 saturated heterocycles. The van der Waals surface area contributed by atoms with E-state index in [1.807, 2.05) is 19.1 Å². The van der Waals surface area contributed by atoms with Crippen LogP contribution in [0.3, 0.4) is 0 Å². The molecule has 1 atom stereocenters. The predicted molar refractivity (Wildman–Crippen MR) is 73.4 cm³/mol. The average molecular weight is 299 g/mol. The normalized spacial score (nSPS) is 13.0. The van der Waals surface area contributed by atoms with Crippen LogP contribution in [0.4, 0.5) is 18.9 Å². The van der Waals surface area contributed by atoms with Gasteiger partial charge in [0.05, 0.1) is 12.3 Å². The number of benzene rings is 1. The Labute approximate surface area is 120 Å². The van der Waals surface area contributed by atoms with Gasteiger partial charge in [0.1, 0.15) is 11.5 Å². The highest BCUT2D eigenvalue weighted by Crippen LogP contribution is 2.25. The summed E-state index contributed by atoms with van der Waals surface area (Å²) >= 11 is 0. The molecule has 1 unspecified atom stereocenters.